The molecule has 0 saturated carbocycles. The molecule has 0 aliphatic carbocycles. The van der Waals surface area contributed by atoms with Gasteiger partial charge in [-0.3, -0.25) is 4.79 Å². The van der Waals surface area contributed by atoms with Crippen LogP contribution < -0.4 is 9.64 Å². The monoisotopic (exact) mass is 392 g/mol. The number of aryl methyl sites for hydroxylation is 1. The third-order valence-electron chi connectivity index (χ3n) is 4.86. The second-order valence-corrected chi connectivity index (χ2v) is 6.70. The zero-order valence-corrected chi connectivity index (χ0v) is 15.7. The van der Waals surface area contributed by atoms with E-state index in [1.54, 1.807) is 11.0 Å². The third-order valence-corrected chi connectivity index (χ3v) is 4.86. The number of carbonyl (C=O) groups excluding carboxylic acids is 1. The maximum Gasteiger partial charge on any atom is 0.416 e. The molecular weight excluding hydrogens is 369 g/mol. The van der Waals surface area contributed by atoms with Crippen LogP contribution in [0.3, 0.4) is 0 Å². The fraction of sp³-hybridized carbons (Fsp3) is 0.381. The number of piperazine rings is 1. The van der Waals surface area contributed by atoms with Gasteiger partial charge in [0.1, 0.15) is 5.75 Å². The second kappa shape index (κ2) is 8.54. The quantitative estimate of drug-likeness (QED) is 0.771. The Balaban J connectivity index is 1.51. The van der Waals surface area contributed by atoms with E-state index in [1.807, 2.05) is 29.2 Å². The minimum absolute atomic E-state index is 0.0466. The molecule has 2 aromatic rings. The van der Waals surface area contributed by atoms with Crippen LogP contribution in [-0.4, -0.2) is 43.6 Å². The Bertz CT molecular complexity index is 798. The largest absolute Gasteiger partial charge is 0.484 e. The summed E-state index contributed by atoms with van der Waals surface area (Å²) in [4.78, 5) is 15.9. The Morgan fingerprint density at radius 1 is 1.04 bits per heavy atom. The molecule has 2 aromatic carbocycles. The van der Waals surface area contributed by atoms with Crippen LogP contribution in [0.5, 0.6) is 5.75 Å². The lowest BCUT2D eigenvalue weighted by molar-refractivity contribution is -0.137. The molecule has 0 bridgehead atoms. The SMILES string of the molecule is CCc1ccc(OCC(=O)N2CCN(c3cccc(C(F)(F)F)c3)CC2)cc1. The molecule has 0 radical (unpaired) electrons. The molecule has 1 saturated heterocycles. The molecule has 3 rings (SSSR count). The van der Waals surface area contributed by atoms with Crippen LogP contribution in [0.25, 0.3) is 0 Å². The summed E-state index contributed by atoms with van der Waals surface area (Å²) in [7, 11) is 0. The highest BCUT2D eigenvalue weighted by Gasteiger charge is 2.31. The highest BCUT2D eigenvalue weighted by molar-refractivity contribution is 5.78. The average molecular weight is 392 g/mol. The number of halogens is 3. The molecule has 1 aliphatic heterocycles. The van der Waals surface area contributed by atoms with Crippen LogP contribution in [0.1, 0.15) is 18.1 Å². The van der Waals surface area contributed by atoms with E-state index in [4.69, 9.17) is 4.74 Å². The van der Waals surface area contributed by atoms with Gasteiger partial charge in [-0.2, -0.15) is 13.2 Å². The number of carbonyl (C=O) groups is 1. The topological polar surface area (TPSA) is 32.8 Å². The van der Waals surface area contributed by atoms with Gasteiger partial charge in [-0.05, 0) is 42.3 Å². The molecule has 1 heterocycles. The highest BCUT2D eigenvalue weighted by atomic mass is 19.4. The number of ether oxygens (including phenoxy) is 1. The lowest BCUT2D eigenvalue weighted by atomic mass is 10.1. The van der Waals surface area contributed by atoms with Crippen LogP contribution >= 0.6 is 0 Å². The number of benzene rings is 2. The predicted octanol–water partition coefficient (Wildman–Crippen LogP) is 4.00. The normalized spacial score (nSPS) is 14.9. The molecule has 0 spiro atoms. The van der Waals surface area contributed by atoms with E-state index in [-0.39, 0.29) is 12.5 Å². The number of rotatable bonds is 5. The van der Waals surface area contributed by atoms with E-state index in [0.717, 1.165) is 18.6 Å². The molecule has 28 heavy (non-hydrogen) atoms. The lowest BCUT2D eigenvalue weighted by Gasteiger charge is -2.36. The van der Waals surface area contributed by atoms with Gasteiger partial charge in [-0.25, -0.2) is 0 Å². The van der Waals surface area contributed by atoms with Crippen LogP contribution in [0.15, 0.2) is 48.5 Å². The van der Waals surface area contributed by atoms with Gasteiger partial charge in [-0.15, -0.1) is 0 Å². The zero-order chi connectivity index (χ0) is 20.1. The first-order valence-corrected chi connectivity index (χ1v) is 9.28. The van der Waals surface area contributed by atoms with Gasteiger partial charge in [0.2, 0.25) is 0 Å². The Morgan fingerprint density at radius 3 is 2.32 bits per heavy atom. The smallest absolute Gasteiger partial charge is 0.416 e. The van der Waals surface area contributed by atoms with Gasteiger partial charge in [-0.1, -0.05) is 25.1 Å². The second-order valence-electron chi connectivity index (χ2n) is 6.70. The van der Waals surface area contributed by atoms with E-state index in [2.05, 4.69) is 6.92 Å². The molecule has 0 aromatic heterocycles. The van der Waals surface area contributed by atoms with Gasteiger partial charge in [0.15, 0.2) is 6.61 Å². The molecule has 0 N–H and O–H groups in total. The van der Waals surface area contributed by atoms with Crippen LogP contribution in [0.4, 0.5) is 18.9 Å². The van der Waals surface area contributed by atoms with Crippen LogP contribution in [0.2, 0.25) is 0 Å². The molecule has 150 valence electrons. The third kappa shape index (κ3) is 4.97. The van der Waals surface area contributed by atoms with Crippen molar-refractivity contribution in [2.45, 2.75) is 19.5 Å². The van der Waals surface area contributed by atoms with Crippen LogP contribution in [-0.2, 0) is 17.4 Å². The minimum atomic E-state index is -4.36. The van der Waals surface area contributed by atoms with Gasteiger partial charge in [0.25, 0.3) is 5.91 Å². The molecule has 7 heteroatoms. The van der Waals surface area contributed by atoms with Crippen molar-refractivity contribution >= 4 is 11.6 Å². The summed E-state index contributed by atoms with van der Waals surface area (Å²) in [5.41, 5.74) is 1.06. The van der Waals surface area contributed by atoms with Gasteiger partial charge < -0.3 is 14.5 Å². The number of hydrogen-bond acceptors (Lipinski definition) is 3. The summed E-state index contributed by atoms with van der Waals surface area (Å²) in [6, 6.07) is 12.9. The Kier molecular flexibility index (Phi) is 6.11. The van der Waals surface area contributed by atoms with E-state index in [9.17, 15) is 18.0 Å². The number of nitrogens with zero attached hydrogens (tertiary/aromatic N) is 2. The van der Waals surface area contributed by atoms with Crippen molar-refractivity contribution in [2.24, 2.45) is 0 Å². The van der Waals surface area contributed by atoms with E-state index >= 15 is 0 Å². The molecular formula is C21H23F3N2O2. The van der Waals surface area contributed by atoms with E-state index < -0.39 is 11.7 Å². The standard InChI is InChI=1S/C21H23F3N2O2/c1-2-16-6-8-19(9-7-16)28-15-20(27)26-12-10-25(11-13-26)18-5-3-4-17(14-18)21(22,23)24/h3-9,14H,2,10-13,15H2,1H3. The summed E-state index contributed by atoms with van der Waals surface area (Å²) in [6.07, 6.45) is -3.42. The average Bonchev–Trinajstić information content (AvgIpc) is 2.72. The van der Waals surface area contributed by atoms with Gasteiger partial charge >= 0.3 is 6.18 Å². The number of amides is 1. The Labute approximate surface area is 162 Å². The van der Waals surface area contributed by atoms with Gasteiger partial charge in [0.05, 0.1) is 5.56 Å². The molecule has 4 nitrogen and oxygen atoms in total. The van der Waals surface area contributed by atoms with E-state index in [0.29, 0.717) is 37.6 Å². The zero-order valence-electron chi connectivity index (χ0n) is 15.7. The number of alkyl halides is 3. The fourth-order valence-corrected chi connectivity index (χ4v) is 3.15. The Hall–Kier alpha value is -2.70. The van der Waals surface area contributed by atoms with Crippen molar-refractivity contribution in [3.05, 3.63) is 59.7 Å². The fourth-order valence-electron chi connectivity index (χ4n) is 3.15. The van der Waals surface area contributed by atoms with Crippen molar-refractivity contribution in [1.82, 2.24) is 4.90 Å². The van der Waals surface area contributed by atoms with Crippen molar-refractivity contribution in [2.75, 3.05) is 37.7 Å². The van der Waals surface area contributed by atoms with Crippen molar-refractivity contribution in [1.29, 1.82) is 0 Å². The summed E-state index contributed by atoms with van der Waals surface area (Å²) in [5, 5.41) is 0. The summed E-state index contributed by atoms with van der Waals surface area (Å²) in [6.45, 7) is 3.89. The Morgan fingerprint density at radius 2 is 1.71 bits per heavy atom. The first-order valence-electron chi connectivity index (χ1n) is 9.28. The lowest BCUT2D eigenvalue weighted by Crippen LogP contribution is -2.50. The maximum atomic E-state index is 12.9. The number of anilines is 1. The van der Waals surface area contributed by atoms with Crippen molar-refractivity contribution in [3.8, 4) is 5.75 Å². The van der Waals surface area contributed by atoms with Crippen LogP contribution in [0, 0.1) is 0 Å². The minimum Gasteiger partial charge on any atom is -0.484 e. The summed E-state index contributed by atoms with van der Waals surface area (Å²) < 4.78 is 44.2. The maximum absolute atomic E-state index is 12.9. The molecule has 1 aliphatic rings. The molecule has 1 amide bonds. The van der Waals surface area contributed by atoms with E-state index in [1.165, 1.54) is 11.6 Å². The summed E-state index contributed by atoms with van der Waals surface area (Å²) >= 11 is 0. The molecule has 0 unspecified atom stereocenters. The van der Waals surface area contributed by atoms with Crippen molar-refractivity contribution < 1.29 is 22.7 Å². The van der Waals surface area contributed by atoms with Crippen molar-refractivity contribution in [3.63, 3.8) is 0 Å². The first kappa shape index (κ1) is 20.0. The molecule has 1 fully saturated rings. The number of hydrogen-bond donors (Lipinski definition) is 0. The first-order chi connectivity index (χ1) is 13.4. The van der Waals surface area contributed by atoms with Gasteiger partial charge in [0, 0.05) is 31.9 Å². The highest BCUT2D eigenvalue weighted by Crippen LogP contribution is 2.31. The predicted molar refractivity (Wildman–Crippen MR) is 102 cm³/mol. The molecule has 0 atom stereocenters. The summed E-state index contributed by atoms with van der Waals surface area (Å²) in [5.74, 6) is 0.524.